The largest absolute Gasteiger partial charge is 0.486 e. The Morgan fingerprint density at radius 1 is 1.30 bits per heavy atom. The Morgan fingerprint density at radius 3 is 2.70 bits per heavy atom. The van der Waals surface area contributed by atoms with Gasteiger partial charge in [0.05, 0.1) is 6.20 Å². The second-order valence-electron chi connectivity index (χ2n) is 5.02. The second-order valence-corrected chi connectivity index (χ2v) is 5.02. The van der Waals surface area contributed by atoms with Gasteiger partial charge in [-0.25, -0.2) is 0 Å². The lowest BCUT2D eigenvalue weighted by molar-refractivity contribution is -0.118. The summed E-state index contributed by atoms with van der Waals surface area (Å²) in [5.74, 6) is 1.18. The predicted octanol–water partition coefficient (Wildman–Crippen LogP) is 1.51. The number of anilines is 1. The summed E-state index contributed by atoms with van der Waals surface area (Å²) in [6, 6.07) is 4.88. The van der Waals surface area contributed by atoms with Crippen molar-refractivity contribution in [1.29, 1.82) is 0 Å². The minimum absolute atomic E-state index is 0. The fourth-order valence-corrected chi connectivity index (χ4v) is 2.37. The van der Waals surface area contributed by atoms with E-state index in [1.54, 1.807) is 36.1 Å². The van der Waals surface area contributed by atoms with E-state index in [1.165, 1.54) is 0 Å². The molecule has 1 unspecified atom stereocenters. The van der Waals surface area contributed by atoms with E-state index in [2.05, 4.69) is 15.7 Å². The number of carbonyl (C=O) groups is 1. The molecule has 0 saturated carbocycles. The molecule has 1 aliphatic heterocycles. The standard InChI is InChI=1S/C15H18N4O3.ClH/c1-16-14(10-8-17-19(2)9-10)15(20)18-11-3-4-12-13(7-11)22-6-5-21-12;/h3-4,7-9,14,16H,5-6H2,1-2H3,(H,18,20);1H. The summed E-state index contributed by atoms with van der Waals surface area (Å²) in [6.07, 6.45) is 3.48. The molecule has 2 N–H and O–H groups in total. The van der Waals surface area contributed by atoms with Crippen molar-refractivity contribution < 1.29 is 14.3 Å². The van der Waals surface area contributed by atoms with E-state index in [0.29, 0.717) is 30.4 Å². The van der Waals surface area contributed by atoms with E-state index < -0.39 is 6.04 Å². The number of aromatic nitrogens is 2. The third kappa shape index (κ3) is 3.75. The van der Waals surface area contributed by atoms with Crippen LogP contribution in [0.4, 0.5) is 5.69 Å². The number of rotatable bonds is 4. The first kappa shape index (κ1) is 17.1. The van der Waals surface area contributed by atoms with E-state index in [9.17, 15) is 4.79 Å². The average Bonchev–Trinajstić information content (AvgIpc) is 2.94. The zero-order chi connectivity index (χ0) is 15.5. The quantitative estimate of drug-likeness (QED) is 0.883. The molecule has 1 amide bonds. The fraction of sp³-hybridized carbons (Fsp3) is 0.333. The van der Waals surface area contributed by atoms with Gasteiger partial charge in [-0.1, -0.05) is 0 Å². The molecule has 1 aliphatic rings. The van der Waals surface area contributed by atoms with Crippen LogP contribution in [-0.2, 0) is 11.8 Å². The zero-order valence-corrected chi connectivity index (χ0v) is 13.7. The SMILES string of the molecule is CNC(C(=O)Nc1ccc2c(c1)OCCO2)c1cnn(C)c1.Cl. The molecule has 7 nitrogen and oxygen atoms in total. The number of nitrogens with zero attached hydrogens (tertiary/aromatic N) is 2. The smallest absolute Gasteiger partial charge is 0.246 e. The van der Waals surface area contributed by atoms with Crippen molar-refractivity contribution in [1.82, 2.24) is 15.1 Å². The number of halogens is 1. The third-order valence-electron chi connectivity index (χ3n) is 3.42. The zero-order valence-electron chi connectivity index (χ0n) is 12.9. The molecular weight excluding hydrogens is 320 g/mol. The minimum atomic E-state index is -0.470. The van der Waals surface area contributed by atoms with Gasteiger partial charge < -0.3 is 20.1 Å². The van der Waals surface area contributed by atoms with Crippen LogP contribution in [0.5, 0.6) is 11.5 Å². The molecule has 124 valence electrons. The van der Waals surface area contributed by atoms with Crippen molar-refractivity contribution in [2.24, 2.45) is 7.05 Å². The Labute approximate surface area is 140 Å². The molecule has 8 heteroatoms. The molecule has 2 heterocycles. The van der Waals surface area contributed by atoms with Crippen LogP contribution in [0, 0.1) is 0 Å². The summed E-state index contributed by atoms with van der Waals surface area (Å²) in [6.45, 7) is 1.06. The average molecular weight is 339 g/mol. The number of likely N-dealkylation sites (N-methyl/N-ethyl adjacent to an activating group) is 1. The van der Waals surface area contributed by atoms with Crippen LogP contribution in [0.25, 0.3) is 0 Å². The van der Waals surface area contributed by atoms with Crippen molar-refractivity contribution in [2.45, 2.75) is 6.04 Å². The molecule has 2 aromatic rings. The Bertz CT molecular complexity index is 689. The number of fused-ring (bicyclic) bond motifs is 1. The molecule has 0 fully saturated rings. The van der Waals surface area contributed by atoms with Gasteiger partial charge in [0.25, 0.3) is 0 Å². The van der Waals surface area contributed by atoms with E-state index in [-0.39, 0.29) is 18.3 Å². The second kappa shape index (κ2) is 7.34. The van der Waals surface area contributed by atoms with Gasteiger partial charge in [0.2, 0.25) is 5.91 Å². The van der Waals surface area contributed by atoms with Crippen molar-refractivity contribution >= 4 is 24.0 Å². The van der Waals surface area contributed by atoms with Gasteiger partial charge in [-0.05, 0) is 19.2 Å². The van der Waals surface area contributed by atoms with Crippen molar-refractivity contribution in [3.8, 4) is 11.5 Å². The van der Waals surface area contributed by atoms with Crippen LogP contribution in [0.15, 0.2) is 30.6 Å². The van der Waals surface area contributed by atoms with Crippen LogP contribution in [0.1, 0.15) is 11.6 Å². The topological polar surface area (TPSA) is 77.4 Å². The monoisotopic (exact) mass is 338 g/mol. The lowest BCUT2D eigenvalue weighted by atomic mass is 10.1. The number of hydrogen-bond donors (Lipinski definition) is 2. The van der Waals surface area contributed by atoms with Crippen LogP contribution in [0.2, 0.25) is 0 Å². The van der Waals surface area contributed by atoms with Crippen molar-refractivity contribution in [3.63, 3.8) is 0 Å². The summed E-state index contributed by atoms with van der Waals surface area (Å²) in [5.41, 5.74) is 1.47. The number of benzene rings is 1. The molecule has 0 spiro atoms. The molecule has 3 rings (SSSR count). The Kier molecular flexibility index (Phi) is 5.46. The molecule has 1 aromatic carbocycles. The molecule has 0 radical (unpaired) electrons. The van der Waals surface area contributed by atoms with Gasteiger partial charge in [0.1, 0.15) is 19.3 Å². The van der Waals surface area contributed by atoms with E-state index in [1.807, 2.05) is 13.2 Å². The highest BCUT2D eigenvalue weighted by atomic mass is 35.5. The van der Waals surface area contributed by atoms with Gasteiger partial charge in [0, 0.05) is 30.6 Å². The number of amides is 1. The predicted molar refractivity (Wildman–Crippen MR) is 88.3 cm³/mol. The van der Waals surface area contributed by atoms with Crippen LogP contribution in [-0.4, -0.2) is 35.9 Å². The lowest BCUT2D eigenvalue weighted by Gasteiger charge is -2.20. The van der Waals surface area contributed by atoms with Crippen LogP contribution >= 0.6 is 12.4 Å². The first-order chi connectivity index (χ1) is 10.7. The Balaban J connectivity index is 0.00000192. The number of aryl methyl sites for hydroxylation is 1. The first-order valence-electron chi connectivity index (χ1n) is 7.03. The summed E-state index contributed by atoms with van der Waals surface area (Å²) in [7, 11) is 3.55. The number of ether oxygens (including phenoxy) is 2. The summed E-state index contributed by atoms with van der Waals surface area (Å²) in [4.78, 5) is 12.4. The van der Waals surface area contributed by atoms with Gasteiger partial charge in [-0.2, -0.15) is 5.10 Å². The van der Waals surface area contributed by atoms with Crippen LogP contribution in [0.3, 0.4) is 0 Å². The highest BCUT2D eigenvalue weighted by molar-refractivity contribution is 5.95. The molecule has 23 heavy (non-hydrogen) atoms. The first-order valence-corrected chi connectivity index (χ1v) is 7.03. The molecule has 0 bridgehead atoms. The summed E-state index contributed by atoms with van der Waals surface area (Å²) in [5, 5.41) is 9.96. The Hall–Kier alpha value is -2.25. The maximum atomic E-state index is 12.4. The van der Waals surface area contributed by atoms with Crippen molar-refractivity contribution in [2.75, 3.05) is 25.6 Å². The number of hydrogen-bond acceptors (Lipinski definition) is 5. The molecule has 0 aliphatic carbocycles. The lowest BCUT2D eigenvalue weighted by Crippen LogP contribution is -2.30. The molecule has 1 aromatic heterocycles. The molecule has 1 atom stereocenters. The number of carbonyl (C=O) groups excluding carboxylic acids is 1. The normalized spacial score (nSPS) is 13.8. The van der Waals surface area contributed by atoms with Gasteiger partial charge in [-0.3, -0.25) is 9.48 Å². The molecule has 0 saturated heterocycles. The summed E-state index contributed by atoms with van der Waals surface area (Å²) >= 11 is 0. The number of nitrogens with one attached hydrogen (secondary N) is 2. The van der Waals surface area contributed by atoms with Gasteiger partial charge in [0.15, 0.2) is 11.5 Å². The fourth-order valence-electron chi connectivity index (χ4n) is 2.37. The summed E-state index contributed by atoms with van der Waals surface area (Å²) < 4.78 is 12.6. The highest BCUT2D eigenvalue weighted by Gasteiger charge is 2.21. The minimum Gasteiger partial charge on any atom is -0.486 e. The van der Waals surface area contributed by atoms with Crippen LogP contribution < -0.4 is 20.1 Å². The molecular formula is C15H19ClN4O3. The maximum absolute atomic E-state index is 12.4. The maximum Gasteiger partial charge on any atom is 0.246 e. The van der Waals surface area contributed by atoms with Gasteiger partial charge in [-0.15, -0.1) is 12.4 Å². The van der Waals surface area contributed by atoms with E-state index in [0.717, 1.165) is 5.56 Å². The van der Waals surface area contributed by atoms with E-state index >= 15 is 0 Å². The van der Waals surface area contributed by atoms with E-state index in [4.69, 9.17) is 9.47 Å². The highest BCUT2D eigenvalue weighted by Crippen LogP contribution is 2.32. The van der Waals surface area contributed by atoms with Crippen molar-refractivity contribution in [3.05, 3.63) is 36.2 Å². The third-order valence-corrected chi connectivity index (χ3v) is 3.42. The Morgan fingerprint density at radius 2 is 2.04 bits per heavy atom. The van der Waals surface area contributed by atoms with Gasteiger partial charge >= 0.3 is 0 Å².